The van der Waals surface area contributed by atoms with Crippen molar-refractivity contribution in [2.75, 3.05) is 0 Å². The molecule has 0 atom stereocenters. The largest absolute Gasteiger partial charge is 0.0752 e. The second kappa shape index (κ2) is 4.37. The summed E-state index contributed by atoms with van der Waals surface area (Å²) >= 11 is 2.39. The van der Waals surface area contributed by atoms with Crippen molar-refractivity contribution in [3.05, 3.63) is 9.66 Å². The normalized spacial score (nSPS) is 22.0. The van der Waals surface area contributed by atoms with Crippen molar-refractivity contribution < 1.29 is 0 Å². The molecule has 0 bridgehead atoms. The summed E-state index contributed by atoms with van der Waals surface area (Å²) in [5.41, 5.74) is 0. The lowest BCUT2D eigenvalue weighted by atomic mass is 10.0. The van der Waals surface area contributed by atoms with Crippen LogP contribution in [0, 0.1) is 5.92 Å². The molecule has 0 saturated heterocycles. The minimum absolute atomic E-state index is 1.02. The molecular weight excluding hydrogens is 235 g/mol. The predicted octanol–water partition coefficient (Wildman–Crippen LogP) is 3.91. The Balaban J connectivity index is 2.18. The first-order valence-electron chi connectivity index (χ1n) is 4.11. The van der Waals surface area contributed by atoms with E-state index in [2.05, 4.69) is 35.6 Å². The molecule has 1 saturated carbocycles. The van der Waals surface area contributed by atoms with Crippen molar-refractivity contribution >= 4 is 22.6 Å². The molecule has 0 aliphatic heterocycles. The van der Waals surface area contributed by atoms with Gasteiger partial charge in [0.1, 0.15) is 0 Å². The molecule has 10 heavy (non-hydrogen) atoms. The van der Waals surface area contributed by atoms with Gasteiger partial charge in [-0.25, -0.2) is 0 Å². The molecule has 1 rings (SSSR count). The van der Waals surface area contributed by atoms with Crippen LogP contribution in [0.4, 0.5) is 0 Å². The zero-order valence-corrected chi connectivity index (χ0v) is 8.73. The van der Waals surface area contributed by atoms with Crippen molar-refractivity contribution in [3.8, 4) is 0 Å². The lowest BCUT2D eigenvalue weighted by molar-refractivity contribution is 0.557. The molecule has 0 spiro atoms. The summed E-state index contributed by atoms with van der Waals surface area (Å²) < 4.78 is 1.45. The maximum atomic E-state index is 2.39. The number of halogens is 1. The second-order valence-corrected chi connectivity index (χ2v) is 4.88. The standard InChI is InChI=1S/C9H15I/c1-8(10)6-7-9-4-2-3-5-9/h6,9H,2-5,7H2,1H3/b8-6+. The molecule has 0 aromatic heterocycles. The highest BCUT2D eigenvalue weighted by atomic mass is 127. The molecular formula is C9H15I. The molecule has 0 radical (unpaired) electrons. The van der Waals surface area contributed by atoms with Crippen LogP contribution in [0.1, 0.15) is 39.0 Å². The minimum Gasteiger partial charge on any atom is -0.0752 e. The third kappa shape index (κ3) is 3.04. The van der Waals surface area contributed by atoms with Gasteiger partial charge in [0.15, 0.2) is 0 Å². The van der Waals surface area contributed by atoms with Crippen molar-refractivity contribution in [3.63, 3.8) is 0 Å². The zero-order chi connectivity index (χ0) is 7.40. The molecule has 0 heterocycles. The molecule has 0 aromatic rings. The Morgan fingerprint density at radius 3 is 2.60 bits per heavy atom. The lowest BCUT2D eigenvalue weighted by Gasteiger charge is -2.02. The number of allylic oxidation sites excluding steroid dienone is 2. The number of hydrogen-bond acceptors (Lipinski definition) is 0. The summed E-state index contributed by atoms with van der Waals surface area (Å²) in [7, 11) is 0. The van der Waals surface area contributed by atoms with Crippen molar-refractivity contribution in [2.45, 2.75) is 39.0 Å². The molecule has 0 aromatic carbocycles. The van der Waals surface area contributed by atoms with Gasteiger partial charge in [-0.2, -0.15) is 0 Å². The van der Waals surface area contributed by atoms with Crippen molar-refractivity contribution in [2.24, 2.45) is 5.92 Å². The summed E-state index contributed by atoms with van der Waals surface area (Å²) in [4.78, 5) is 0. The first-order valence-corrected chi connectivity index (χ1v) is 5.19. The van der Waals surface area contributed by atoms with Gasteiger partial charge in [0.05, 0.1) is 0 Å². The maximum absolute atomic E-state index is 2.39. The molecule has 0 nitrogen and oxygen atoms in total. The third-order valence-corrected chi connectivity index (χ3v) is 2.65. The third-order valence-electron chi connectivity index (χ3n) is 2.21. The molecule has 1 fully saturated rings. The fourth-order valence-electron chi connectivity index (χ4n) is 1.58. The minimum atomic E-state index is 1.02. The Labute approximate surface area is 77.2 Å². The maximum Gasteiger partial charge on any atom is -0.0165 e. The molecule has 0 N–H and O–H groups in total. The monoisotopic (exact) mass is 250 g/mol. The Kier molecular flexibility index (Phi) is 3.74. The van der Waals surface area contributed by atoms with Gasteiger partial charge in [0, 0.05) is 0 Å². The van der Waals surface area contributed by atoms with E-state index in [0.717, 1.165) is 5.92 Å². The highest BCUT2D eigenvalue weighted by Gasteiger charge is 2.12. The van der Waals surface area contributed by atoms with Crippen LogP contribution in [0.25, 0.3) is 0 Å². The fourth-order valence-corrected chi connectivity index (χ4v) is 1.83. The van der Waals surface area contributed by atoms with E-state index in [-0.39, 0.29) is 0 Å². The Hall–Kier alpha value is 0.470. The van der Waals surface area contributed by atoms with Gasteiger partial charge >= 0.3 is 0 Å². The first kappa shape index (κ1) is 8.57. The van der Waals surface area contributed by atoms with Gasteiger partial charge in [0.25, 0.3) is 0 Å². The van der Waals surface area contributed by atoms with Crippen LogP contribution in [0.3, 0.4) is 0 Å². The molecule has 1 heteroatoms. The van der Waals surface area contributed by atoms with E-state index in [1.807, 2.05) is 0 Å². The average molecular weight is 250 g/mol. The van der Waals surface area contributed by atoms with Crippen molar-refractivity contribution in [1.29, 1.82) is 0 Å². The average Bonchev–Trinajstić information content (AvgIpc) is 2.34. The quantitative estimate of drug-likeness (QED) is 0.652. The Morgan fingerprint density at radius 1 is 1.50 bits per heavy atom. The van der Waals surface area contributed by atoms with Gasteiger partial charge < -0.3 is 0 Å². The number of rotatable bonds is 2. The van der Waals surface area contributed by atoms with Crippen LogP contribution in [-0.2, 0) is 0 Å². The van der Waals surface area contributed by atoms with Gasteiger partial charge in [0.2, 0.25) is 0 Å². The van der Waals surface area contributed by atoms with Crippen LogP contribution in [-0.4, -0.2) is 0 Å². The summed E-state index contributed by atoms with van der Waals surface area (Å²) in [5.74, 6) is 1.02. The van der Waals surface area contributed by atoms with Gasteiger partial charge in [-0.1, -0.05) is 31.8 Å². The van der Waals surface area contributed by atoms with Gasteiger partial charge in [-0.15, -0.1) is 0 Å². The van der Waals surface area contributed by atoms with Crippen LogP contribution in [0.5, 0.6) is 0 Å². The summed E-state index contributed by atoms with van der Waals surface area (Å²) in [6.07, 6.45) is 9.59. The van der Waals surface area contributed by atoms with E-state index in [4.69, 9.17) is 0 Å². The van der Waals surface area contributed by atoms with Crippen LogP contribution in [0.2, 0.25) is 0 Å². The van der Waals surface area contributed by atoms with E-state index >= 15 is 0 Å². The molecule has 0 unspecified atom stereocenters. The number of hydrogen-bond donors (Lipinski definition) is 0. The zero-order valence-electron chi connectivity index (χ0n) is 6.57. The van der Waals surface area contributed by atoms with E-state index in [1.165, 1.54) is 35.7 Å². The predicted molar refractivity (Wildman–Crippen MR) is 54.4 cm³/mol. The Bertz CT molecular complexity index is 117. The SMILES string of the molecule is C/C(I)=C\CC1CCCC1. The topological polar surface area (TPSA) is 0 Å². The lowest BCUT2D eigenvalue weighted by Crippen LogP contribution is -1.88. The summed E-state index contributed by atoms with van der Waals surface area (Å²) in [6.45, 7) is 2.18. The van der Waals surface area contributed by atoms with Gasteiger partial charge in [-0.3, -0.25) is 0 Å². The highest BCUT2D eigenvalue weighted by molar-refractivity contribution is 14.1. The van der Waals surface area contributed by atoms with Gasteiger partial charge in [-0.05, 0) is 45.4 Å². The molecule has 0 amide bonds. The second-order valence-electron chi connectivity index (χ2n) is 3.18. The molecule has 58 valence electrons. The van der Waals surface area contributed by atoms with E-state index in [1.54, 1.807) is 0 Å². The van der Waals surface area contributed by atoms with Crippen LogP contribution in [0.15, 0.2) is 9.66 Å². The summed E-state index contributed by atoms with van der Waals surface area (Å²) in [6, 6.07) is 0. The summed E-state index contributed by atoms with van der Waals surface area (Å²) in [5, 5.41) is 0. The van der Waals surface area contributed by atoms with Crippen LogP contribution < -0.4 is 0 Å². The molecule has 1 aliphatic rings. The highest BCUT2D eigenvalue weighted by Crippen LogP contribution is 2.28. The first-order chi connectivity index (χ1) is 4.79. The Morgan fingerprint density at radius 2 is 2.10 bits per heavy atom. The fraction of sp³-hybridized carbons (Fsp3) is 0.778. The van der Waals surface area contributed by atoms with Crippen molar-refractivity contribution in [1.82, 2.24) is 0 Å². The van der Waals surface area contributed by atoms with E-state index < -0.39 is 0 Å². The van der Waals surface area contributed by atoms with Crippen LogP contribution >= 0.6 is 22.6 Å². The molecule has 1 aliphatic carbocycles. The van der Waals surface area contributed by atoms with E-state index in [9.17, 15) is 0 Å². The van der Waals surface area contributed by atoms with E-state index in [0.29, 0.717) is 0 Å². The smallest absolute Gasteiger partial charge is 0.0165 e.